The molecule has 162 valence electrons. The molecule has 0 fully saturated rings. The Morgan fingerprint density at radius 2 is 1.78 bits per heavy atom. The number of nitro groups is 1. The second-order valence-electron chi connectivity index (χ2n) is 6.39. The van der Waals surface area contributed by atoms with Gasteiger partial charge >= 0.3 is 0 Å². The first kappa shape index (κ1) is 22.4. The van der Waals surface area contributed by atoms with E-state index in [0.717, 1.165) is 6.07 Å². The van der Waals surface area contributed by atoms with E-state index in [4.69, 9.17) is 16.3 Å². The van der Waals surface area contributed by atoms with Gasteiger partial charge in [0.2, 0.25) is 0 Å². The molecule has 0 saturated carbocycles. The maximum absolute atomic E-state index is 12.1. The van der Waals surface area contributed by atoms with Gasteiger partial charge in [0, 0.05) is 17.3 Å². The molecule has 2 N–H and O–H groups in total. The second kappa shape index (κ2) is 10.7. The molecule has 3 aromatic rings. The molecule has 0 heterocycles. The van der Waals surface area contributed by atoms with Crippen molar-refractivity contribution >= 4 is 41.0 Å². The Labute approximate surface area is 187 Å². The fraction of sp³-hybridized carbons (Fsp3) is 0.0455. The van der Waals surface area contributed by atoms with Crippen LogP contribution in [-0.4, -0.2) is 29.6 Å². The minimum absolute atomic E-state index is 0.0516. The largest absolute Gasteiger partial charge is 0.484 e. The van der Waals surface area contributed by atoms with Gasteiger partial charge in [0.05, 0.1) is 11.1 Å². The average molecular weight is 453 g/mol. The van der Waals surface area contributed by atoms with Gasteiger partial charge < -0.3 is 10.1 Å². The van der Waals surface area contributed by atoms with Crippen LogP contribution in [0.2, 0.25) is 5.02 Å². The summed E-state index contributed by atoms with van der Waals surface area (Å²) in [5.41, 5.74) is 3.32. The molecule has 0 aromatic heterocycles. The number of ether oxygens (including phenoxy) is 1. The maximum Gasteiger partial charge on any atom is 0.288 e. The van der Waals surface area contributed by atoms with Crippen molar-refractivity contribution < 1.29 is 19.2 Å². The minimum Gasteiger partial charge on any atom is -0.484 e. The van der Waals surface area contributed by atoms with Gasteiger partial charge in [-0.25, -0.2) is 5.43 Å². The van der Waals surface area contributed by atoms with E-state index in [1.165, 1.54) is 18.3 Å². The molecular weight excluding hydrogens is 436 g/mol. The monoisotopic (exact) mass is 452 g/mol. The highest BCUT2D eigenvalue weighted by atomic mass is 35.5. The number of nitro benzene ring substituents is 1. The number of nitrogens with zero attached hydrogens (tertiary/aromatic N) is 2. The van der Waals surface area contributed by atoms with Crippen LogP contribution < -0.4 is 15.5 Å². The van der Waals surface area contributed by atoms with E-state index < -0.39 is 10.8 Å². The number of amides is 2. The van der Waals surface area contributed by atoms with Crippen molar-refractivity contribution in [3.05, 3.63) is 99.1 Å². The van der Waals surface area contributed by atoms with Crippen molar-refractivity contribution in [2.75, 3.05) is 11.9 Å². The average Bonchev–Trinajstić information content (AvgIpc) is 2.79. The lowest BCUT2D eigenvalue weighted by atomic mass is 10.2. The van der Waals surface area contributed by atoms with Crippen LogP contribution in [0.1, 0.15) is 15.9 Å². The molecule has 32 heavy (non-hydrogen) atoms. The number of carbonyl (C=O) groups is 2. The predicted octanol–water partition coefficient (Wildman–Crippen LogP) is 4.03. The highest BCUT2D eigenvalue weighted by Gasteiger charge is 2.15. The van der Waals surface area contributed by atoms with Gasteiger partial charge in [0.25, 0.3) is 17.5 Å². The molecule has 0 aliphatic rings. The molecule has 9 nitrogen and oxygen atoms in total. The zero-order valence-electron chi connectivity index (χ0n) is 16.5. The molecule has 0 aliphatic carbocycles. The lowest BCUT2D eigenvalue weighted by Crippen LogP contribution is -2.20. The van der Waals surface area contributed by atoms with E-state index >= 15 is 0 Å². The number of benzene rings is 3. The molecule has 0 atom stereocenters. The number of hydrazone groups is 1. The van der Waals surface area contributed by atoms with Crippen LogP contribution in [0.3, 0.4) is 0 Å². The SMILES string of the molecule is O=C(COc1ccc(/C=N\NC(=O)c2ccc(Cl)c([N+](=O)[O-])c2)cc1)Nc1ccccc1. The summed E-state index contributed by atoms with van der Waals surface area (Å²) in [6.45, 7) is -0.147. The van der Waals surface area contributed by atoms with Gasteiger partial charge in [0.15, 0.2) is 6.61 Å². The standard InChI is InChI=1S/C22H17ClN4O5/c23-19-11-8-16(12-20(19)27(30)31)22(29)26-24-13-15-6-9-18(10-7-15)32-14-21(28)25-17-4-2-1-3-5-17/h1-13H,14H2,(H,25,28)(H,26,29)/b24-13-. The Balaban J connectivity index is 1.50. The topological polar surface area (TPSA) is 123 Å². The third-order valence-corrected chi connectivity index (χ3v) is 4.41. The molecule has 0 aliphatic heterocycles. The van der Waals surface area contributed by atoms with E-state index in [-0.39, 0.29) is 28.8 Å². The first-order valence-electron chi connectivity index (χ1n) is 9.27. The summed E-state index contributed by atoms with van der Waals surface area (Å²) < 4.78 is 5.44. The number of nitrogens with one attached hydrogen (secondary N) is 2. The summed E-state index contributed by atoms with van der Waals surface area (Å²) in [4.78, 5) is 34.3. The summed E-state index contributed by atoms with van der Waals surface area (Å²) in [6.07, 6.45) is 1.40. The molecule has 0 bridgehead atoms. The molecule has 3 aromatic carbocycles. The van der Waals surface area contributed by atoms with Crippen molar-refractivity contribution in [3.63, 3.8) is 0 Å². The number of anilines is 1. The molecule has 0 spiro atoms. The fourth-order valence-electron chi connectivity index (χ4n) is 2.54. The fourth-order valence-corrected chi connectivity index (χ4v) is 2.73. The molecule has 0 radical (unpaired) electrons. The Morgan fingerprint density at radius 3 is 2.47 bits per heavy atom. The zero-order chi connectivity index (χ0) is 22.9. The van der Waals surface area contributed by atoms with Crippen LogP contribution in [-0.2, 0) is 4.79 Å². The van der Waals surface area contributed by atoms with E-state index in [0.29, 0.717) is 17.0 Å². The lowest BCUT2D eigenvalue weighted by molar-refractivity contribution is -0.384. The maximum atomic E-state index is 12.1. The van der Waals surface area contributed by atoms with Crippen LogP contribution in [0.4, 0.5) is 11.4 Å². The third-order valence-electron chi connectivity index (χ3n) is 4.09. The minimum atomic E-state index is -0.669. The van der Waals surface area contributed by atoms with Gasteiger partial charge in [-0.15, -0.1) is 0 Å². The number of para-hydroxylation sites is 1. The van der Waals surface area contributed by atoms with Crippen LogP contribution in [0.5, 0.6) is 5.75 Å². The van der Waals surface area contributed by atoms with E-state index in [2.05, 4.69) is 15.8 Å². The molecule has 0 unspecified atom stereocenters. The Morgan fingerprint density at radius 1 is 1.06 bits per heavy atom. The first-order valence-corrected chi connectivity index (χ1v) is 9.65. The zero-order valence-corrected chi connectivity index (χ0v) is 17.3. The summed E-state index contributed by atoms with van der Waals surface area (Å²) in [5, 5.41) is 17.4. The van der Waals surface area contributed by atoms with Crippen LogP contribution >= 0.6 is 11.6 Å². The van der Waals surface area contributed by atoms with E-state index in [9.17, 15) is 19.7 Å². The Hall–Kier alpha value is -4.24. The summed E-state index contributed by atoms with van der Waals surface area (Å²) in [6, 6.07) is 19.4. The Bertz CT molecular complexity index is 1150. The molecule has 3 rings (SSSR count). The van der Waals surface area contributed by atoms with Crippen molar-refractivity contribution in [2.24, 2.45) is 5.10 Å². The number of carbonyl (C=O) groups excluding carboxylic acids is 2. The second-order valence-corrected chi connectivity index (χ2v) is 6.80. The van der Waals surface area contributed by atoms with Crippen molar-refractivity contribution in [1.82, 2.24) is 5.43 Å². The van der Waals surface area contributed by atoms with Crippen LogP contribution in [0.15, 0.2) is 77.9 Å². The van der Waals surface area contributed by atoms with Crippen LogP contribution in [0, 0.1) is 10.1 Å². The smallest absolute Gasteiger partial charge is 0.288 e. The summed E-state index contributed by atoms with van der Waals surface area (Å²) >= 11 is 5.73. The molecule has 10 heteroatoms. The third kappa shape index (κ3) is 6.38. The van der Waals surface area contributed by atoms with E-state index in [1.54, 1.807) is 36.4 Å². The molecule has 0 saturated heterocycles. The molecular formula is C22H17ClN4O5. The number of hydrogen-bond donors (Lipinski definition) is 2. The first-order chi connectivity index (χ1) is 15.4. The lowest BCUT2D eigenvalue weighted by Gasteiger charge is -2.07. The number of hydrogen-bond acceptors (Lipinski definition) is 6. The number of rotatable bonds is 8. The highest BCUT2D eigenvalue weighted by Crippen LogP contribution is 2.25. The Kier molecular flexibility index (Phi) is 7.50. The van der Waals surface area contributed by atoms with Gasteiger partial charge in [-0.3, -0.25) is 19.7 Å². The number of halogens is 1. The summed E-state index contributed by atoms with van der Waals surface area (Å²) in [5.74, 6) is -0.416. The molecule has 2 amide bonds. The van der Waals surface area contributed by atoms with Gasteiger partial charge in [-0.1, -0.05) is 29.8 Å². The van der Waals surface area contributed by atoms with E-state index in [1.807, 2.05) is 18.2 Å². The van der Waals surface area contributed by atoms with Gasteiger partial charge in [-0.2, -0.15) is 5.10 Å². The predicted molar refractivity (Wildman–Crippen MR) is 120 cm³/mol. The quantitative estimate of drug-likeness (QED) is 0.303. The van der Waals surface area contributed by atoms with Gasteiger partial charge in [-0.05, 0) is 54.1 Å². The van der Waals surface area contributed by atoms with Crippen molar-refractivity contribution in [1.29, 1.82) is 0 Å². The normalized spacial score (nSPS) is 10.5. The van der Waals surface area contributed by atoms with Gasteiger partial charge in [0.1, 0.15) is 10.8 Å². The van der Waals surface area contributed by atoms with Crippen molar-refractivity contribution in [3.8, 4) is 5.75 Å². The summed E-state index contributed by atoms with van der Waals surface area (Å²) in [7, 11) is 0. The van der Waals surface area contributed by atoms with Crippen molar-refractivity contribution in [2.45, 2.75) is 0 Å². The highest BCUT2D eigenvalue weighted by molar-refractivity contribution is 6.32. The van der Waals surface area contributed by atoms with Crippen LogP contribution in [0.25, 0.3) is 0 Å².